The zero-order chi connectivity index (χ0) is 22.9. The predicted octanol–water partition coefficient (Wildman–Crippen LogP) is 1.61. The lowest BCUT2D eigenvalue weighted by Crippen LogP contribution is -2.68. The van der Waals surface area contributed by atoms with E-state index < -0.39 is 21.0 Å². The van der Waals surface area contributed by atoms with Gasteiger partial charge in [-0.05, 0) is 81.3 Å². The number of nitrogens with two attached hydrogens (primary N) is 2. The van der Waals surface area contributed by atoms with Crippen LogP contribution in [0.4, 0.5) is 5.69 Å². The van der Waals surface area contributed by atoms with Gasteiger partial charge in [-0.25, -0.2) is 8.42 Å². The third kappa shape index (κ3) is 3.00. The summed E-state index contributed by atoms with van der Waals surface area (Å²) in [5.41, 5.74) is 10.4. The molecule has 2 amide bonds. The van der Waals surface area contributed by atoms with Crippen LogP contribution in [0.2, 0.25) is 0 Å². The number of hydrogen-bond donors (Lipinski definition) is 3. The van der Waals surface area contributed by atoms with Crippen molar-refractivity contribution in [1.82, 2.24) is 9.62 Å². The number of para-hydroxylation sites is 1. The highest BCUT2D eigenvalue weighted by molar-refractivity contribution is 7.89. The van der Waals surface area contributed by atoms with E-state index in [0.717, 1.165) is 38.5 Å². The third-order valence-electron chi connectivity index (χ3n) is 8.86. The number of nitrogens with one attached hydrogen (secondary N) is 1. The molecule has 2 atom stereocenters. The molecule has 5 fully saturated rings. The quantitative estimate of drug-likeness (QED) is 0.554. The average molecular weight is 461 g/mol. The lowest BCUT2D eigenvalue weighted by molar-refractivity contribution is -0.150. The van der Waals surface area contributed by atoms with Gasteiger partial charge in [0.1, 0.15) is 10.4 Å². The van der Waals surface area contributed by atoms with Crippen molar-refractivity contribution in [3.05, 3.63) is 24.3 Å². The first-order valence-electron chi connectivity index (χ1n) is 11.5. The first kappa shape index (κ1) is 21.7. The van der Waals surface area contributed by atoms with Crippen LogP contribution in [0.5, 0.6) is 0 Å². The monoisotopic (exact) mass is 460 g/mol. The molecule has 9 heteroatoms. The van der Waals surface area contributed by atoms with Gasteiger partial charge < -0.3 is 16.8 Å². The largest absolute Gasteiger partial charge is 0.398 e. The summed E-state index contributed by atoms with van der Waals surface area (Å²) in [6, 6.07) is 6.32. The Hall–Kier alpha value is -2.13. The van der Waals surface area contributed by atoms with E-state index in [0.29, 0.717) is 18.8 Å². The summed E-state index contributed by atoms with van der Waals surface area (Å²) in [6.45, 7) is 0. The molecule has 5 N–H and O–H groups in total. The summed E-state index contributed by atoms with van der Waals surface area (Å²) in [5, 5.41) is 3.25. The van der Waals surface area contributed by atoms with E-state index in [1.807, 2.05) is 0 Å². The van der Waals surface area contributed by atoms with Crippen LogP contribution in [-0.4, -0.2) is 43.2 Å². The second kappa shape index (κ2) is 7.18. The Labute approximate surface area is 189 Å². The fraction of sp³-hybridized carbons (Fsp3) is 0.652. The Balaban J connectivity index is 1.38. The summed E-state index contributed by atoms with van der Waals surface area (Å²) in [4.78, 5) is 25.9. The van der Waals surface area contributed by atoms with Crippen molar-refractivity contribution in [2.24, 2.45) is 28.9 Å². The number of nitrogens with zero attached hydrogens (tertiary/aromatic N) is 1. The van der Waals surface area contributed by atoms with E-state index in [2.05, 4.69) is 5.32 Å². The van der Waals surface area contributed by atoms with Crippen molar-refractivity contribution in [3.8, 4) is 0 Å². The molecule has 5 aliphatic rings. The number of carbonyl (C=O) groups excluding carboxylic acids is 2. The molecule has 5 saturated carbocycles. The molecule has 0 aromatic heterocycles. The number of nitrogen functional groups attached to an aromatic ring is 1. The van der Waals surface area contributed by atoms with Crippen LogP contribution in [0.1, 0.15) is 51.4 Å². The second-order valence-corrected chi connectivity index (χ2v) is 12.4. The highest BCUT2D eigenvalue weighted by atomic mass is 32.2. The van der Waals surface area contributed by atoms with Gasteiger partial charge in [-0.2, -0.15) is 4.31 Å². The zero-order valence-corrected chi connectivity index (χ0v) is 19.2. The van der Waals surface area contributed by atoms with Crippen LogP contribution >= 0.6 is 0 Å². The normalized spacial score (nSPS) is 34.8. The third-order valence-corrected chi connectivity index (χ3v) is 10.9. The number of rotatable bonds is 6. The number of likely N-dealkylation sites (N-methyl/N-ethyl adjacent to an activating group) is 1. The SMILES string of the molecule is CN(C1(C(=O)NC2C3CC4CC2CC(C(N)=O)(C4)C3)CCC1)S(=O)(=O)c1ccccc1N. The fourth-order valence-electron chi connectivity index (χ4n) is 7.14. The zero-order valence-electron chi connectivity index (χ0n) is 18.4. The van der Waals surface area contributed by atoms with Crippen LogP contribution < -0.4 is 16.8 Å². The van der Waals surface area contributed by atoms with Crippen molar-refractivity contribution in [2.45, 2.75) is 67.8 Å². The molecule has 0 radical (unpaired) electrons. The number of carbonyl (C=O) groups is 2. The first-order chi connectivity index (χ1) is 15.1. The molecule has 5 aliphatic carbocycles. The van der Waals surface area contributed by atoms with Crippen molar-refractivity contribution in [3.63, 3.8) is 0 Å². The van der Waals surface area contributed by atoms with E-state index in [4.69, 9.17) is 11.5 Å². The Morgan fingerprint density at radius 1 is 1.09 bits per heavy atom. The molecule has 1 aromatic rings. The van der Waals surface area contributed by atoms with Gasteiger partial charge in [-0.1, -0.05) is 12.1 Å². The first-order valence-corrected chi connectivity index (χ1v) is 13.0. The molecule has 6 rings (SSSR count). The Kier molecular flexibility index (Phi) is 4.87. The second-order valence-electron chi connectivity index (χ2n) is 10.5. The number of hydrogen-bond acceptors (Lipinski definition) is 5. The van der Waals surface area contributed by atoms with Crippen LogP contribution in [-0.2, 0) is 19.6 Å². The highest BCUT2D eigenvalue weighted by Gasteiger charge is 2.60. The maximum absolute atomic E-state index is 13.6. The molecular weight excluding hydrogens is 428 g/mol. The number of anilines is 1. The maximum Gasteiger partial charge on any atom is 0.245 e. The van der Waals surface area contributed by atoms with E-state index in [1.54, 1.807) is 18.2 Å². The minimum absolute atomic E-state index is 0.0260. The molecule has 4 bridgehead atoms. The van der Waals surface area contributed by atoms with Crippen LogP contribution in [0, 0.1) is 23.2 Å². The van der Waals surface area contributed by atoms with Gasteiger partial charge in [0.15, 0.2) is 0 Å². The number of primary amides is 1. The van der Waals surface area contributed by atoms with Gasteiger partial charge in [0.25, 0.3) is 0 Å². The topological polar surface area (TPSA) is 136 Å². The van der Waals surface area contributed by atoms with E-state index in [1.165, 1.54) is 17.4 Å². The van der Waals surface area contributed by atoms with Gasteiger partial charge in [0, 0.05) is 18.5 Å². The van der Waals surface area contributed by atoms with E-state index >= 15 is 0 Å². The summed E-state index contributed by atoms with van der Waals surface area (Å²) < 4.78 is 28.0. The van der Waals surface area contributed by atoms with Crippen LogP contribution in [0.15, 0.2) is 29.2 Å². The van der Waals surface area contributed by atoms with Gasteiger partial charge in [-0.3, -0.25) is 9.59 Å². The maximum atomic E-state index is 13.6. The van der Waals surface area contributed by atoms with Crippen molar-refractivity contribution in [2.75, 3.05) is 12.8 Å². The Morgan fingerprint density at radius 2 is 1.72 bits per heavy atom. The van der Waals surface area contributed by atoms with Crippen molar-refractivity contribution >= 4 is 27.5 Å². The van der Waals surface area contributed by atoms with Crippen LogP contribution in [0.3, 0.4) is 0 Å². The summed E-state index contributed by atoms with van der Waals surface area (Å²) >= 11 is 0. The smallest absolute Gasteiger partial charge is 0.245 e. The molecule has 8 nitrogen and oxygen atoms in total. The van der Waals surface area contributed by atoms with Crippen LogP contribution in [0.25, 0.3) is 0 Å². The van der Waals surface area contributed by atoms with Crippen molar-refractivity contribution in [1.29, 1.82) is 0 Å². The van der Waals surface area contributed by atoms with Gasteiger partial charge >= 0.3 is 0 Å². The highest BCUT2D eigenvalue weighted by Crippen LogP contribution is 2.60. The average Bonchev–Trinajstić information content (AvgIpc) is 2.69. The van der Waals surface area contributed by atoms with E-state index in [9.17, 15) is 18.0 Å². The molecule has 174 valence electrons. The molecule has 32 heavy (non-hydrogen) atoms. The lowest BCUT2D eigenvalue weighted by Gasteiger charge is -2.59. The lowest BCUT2D eigenvalue weighted by atomic mass is 9.47. The molecule has 2 unspecified atom stereocenters. The fourth-order valence-corrected chi connectivity index (χ4v) is 8.77. The number of sulfonamides is 1. The summed E-state index contributed by atoms with van der Waals surface area (Å²) in [7, 11) is -2.44. The van der Waals surface area contributed by atoms with Gasteiger partial charge in [0.2, 0.25) is 21.8 Å². The van der Waals surface area contributed by atoms with Gasteiger partial charge in [-0.15, -0.1) is 0 Å². The molecule has 0 heterocycles. The predicted molar refractivity (Wildman–Crippen MR) is 119 cm³/mol. The molecule has 0 spiro atoms. The molecule has 0 saturated heterocycles. The van der Waals surface area contributed by atoms with Gasteiger partial charge in [0.05, 0.1) is 5.69 Å². The number of amides is 2. The molecular formula is C23H32N4O4S. The minimum atomic E-state index is -3.93. The molecule has 1 aromatic carbocycles. The minimum Gasteiger partial charge on any atom is -0.398 e. The van der Waals surface area contributed by atoms with E-state index in [-0.39, 0.29) is 40.3 Å². The van der Waals surface area contributed by atoms with Crippen molar-refractivity contribution < 1.29 is 18.0 Å². The standard InChI is InChI=1S/C23H32N4O4S/c1-27(32(30,31)18-6-3-2-5-17(18)24)23(7-4-8-23)21(29)26-19-15-9-14-10-16(19)13-22(11-14,12-15)20(25)28/h2-3,5-6,14-16,19H,4,7-13,24H2,1H3,(H2,25,28)(H,26,29). The molecule has 0 aliphatic heterocycles. The Morgan fingerprint density at radius 3 is 2.25 bits per heavy atom. The number of benzene rings is 1. The summed E-state index contributed by atoms with van der Waals surface area (Å²) in [6.07, 6.45) is 6.08. The summed E-state index contributed by atoms with van der Waals surface area (Å²) in [5.74, 6) is 0.510. The Bertz CT molecular complexity index is 1050.